The highest BCUT2D eigenvalue weighted by Crippen LogP contribution is 2.21. The number of aryl methyl sites for hydroxylation is 1. The van der Waals surface area contributed by atoms with E-state index in [0.29, 0.717) is 12.1 Å². The van der Waals surface area contributed by atoms with Gasteiger partial charge in [0, 0.05) is 38.9 Å². The highest BCUT2D eigenvalue weighted by Gasteiger charge is 2.23. The lowest BCUT2D eigenvalue weighted by Gasteiger charge is -2.34. The van der Waals surface area contributed by atoms with Crippen LogP contribution in [0.5, 0.6) is 0 Å². The van der Waals surface area contributed by atoms with Crippen LogP contribution in [-0.4, -0.2) is 68.5 Å². The molecule has 0 saturated carbocycles. The van der Waals surface area contributed by atoms with Crippen molar-refractivity contribution in [2.75, 3.05) is 42.9 Å². The van der Waals surface area contributed by atoms with Crippen molar-refractivity contribution in [3.63, 3.8) is 0 Å². The molecule has 2 aromatic heterocycles. The number of carbonyl (C=O) groups excluding carboxylic acids is 1. The summed E-state index contributed by atoms with van der Waals surface area (Å²) in [6, 6.07) is 9.51. The molecule has 134 valence electrons. The normalized spacial score (nSPS) is 15.3. The topological polar surface area (TPSA) is 92.1 Å². The smallest absolute Gasteiger partial charge is 0.238 e. The number of amides is 1. The molecule has 26 heavy (non-hydrogen) atoms. The summed E-state index contributed by atoms with van der Waals surface area (Å²) in [4.78, 5) is 25.1. The Kier molecular flexibility index (Phi) is 4.44. The molecule has 1 N–H and O–H groups in total. The molecule has 1 saturated heterocycles. The van der Waals surface area contributed by atoms with Gasteiger partial charge in [0.05, 0.1) is 6.54 Å². The van der Waals surface area contributed by atoms with Gasteiger partial charge in [-0.05, 0) is 12.1 Å². The van der Waals surface area contributed by atoms with E-state index in [9.17, 15) is 4.79 Å². The van der Waals surface area contributed by atoms with Gasteiger partial charge in [0.15, 0.2) is 17.0 Å². The van der Waals surface area contributed by atoms with Crippen molar-refractivity contribution in [2.24, 2.45) is 7.05 Å². The van der Waals surface area contributed by atoms with Crippen molar-refractivity contribution in [2.45, 2.75) is 0 Å². The number of aromatic nitrogens is 5. The lowest BCUT2D eigenvalue weighted by atomic mass is 10.3. The van der Waals surface area contributed by atoms with Crippen molar-refractivity contribution in [1.82, 2.24) is 29.9 Å². The second-order valence-electron chi connectivity index (χ2n) is 6.26. The summed E-state index contributed by atoms with van der Waals surface area (Å²) in [6.07, 6.45) is 1.54. The van der Waals surface area contributed by atoms with Crippen molar-refractivity contribution in [3.05, 3.63) is 36.7 Å². The number of benzene rings is 1. The van der Waals surface area contributed by atoms with Crippen LogP contribution in [-0.2, 0) is 11.8 Å². The number of fused-ring (bicyclic) bond motifs is 1. The molecule has 1 aliphatic rings. The maximum absolute atomic E-state index is 12.2. The summed E-state index contributed by atoms with van der Waals surface area (Å²) in [6.45, 7) is 3.51. The zero-order valence-corrected chi connectivity index (χ0v) is 14.5. The molecule has 1 amide bonds. The van der Waals surface area contributed by atoms with Gasteiger partial charge in [0.25, 0.3) is 0 Å². The van der Waals surface area contributed by atoms with Gasteiger partial charge in [0.2, 0.25) is 5.91 Å². The van der Waals surface area contributed by atoms with E-state index in [1.807, 2.05) is 37.4 Å². The van der Waals surface area contributed by atoms with E-state index in [4.69, 9.17) is 0 Å². The first-order valence-electron chi connectivity index (χ1n) is 8.53. The molecule has 0 radical (unpaired) electrons. The molecule has 3 aromatic rings. The number of nitrogens with one attached hydrogen (secondary N) is 1. The van der Waals surface area contributed by atoms with Gasteiger partial charge in [-0.1, -0.05) is 23.4 Å². The van der Waals surface area contributed by atoms with Crippen LogP contribution in [0.15, 0.2) is 36.7 Å². The van der Waals surface area contributed by atoms with Crippen molar-refractivity contribution in [1.29, 1.82) is 0 Å². The van der Waals surface area contributed by atoms with Crippen LogP contribution < -0.4 is 10.2 Å². The molecule has 1 aromatic carbocycles. The lowest BCUT2D eigenvalue weighted by molar-refractivity contribution is -0.117. The van der Waals surface area contributed by atoms with Gasteiger partial charge in [-0.25, -0.2) is 14.6 Å². The van der Waals surface area contributed by atoms with E-state index in [0.717, 1.165) is 43.3 Å². The molecule has 0 aliphatic carbocycles. The van der Waals surface area contributed by atoms with Crippen LogP contribution in [0.2, 0.25) is 0 Å². The molecule has 0 unspecified atom stereocenters. The summed E-state index contributed by atoms with van der Waals surface area (Å²) < 4.78 is 1.64. The highest BCUT2D eigenvalue weighted by atomic mass is 16.2. The molecule has 9 heteroatoms. The summed E-state index contributed by atoms with van der Waals surface area (Å²) in [5.41, 5.74) is 2.26. The fourth-order valence-corrected chi connectivity index (χ4v) is 3.12. The van der Waals surface area contributed by atoms with Gasteiger partial charge >= 0.3 is 0 Å². The van der Waals surface area contributed by atoms with Gasteiger partial charge in [-0.15, -0.1) is 5.10 Å². The number of rotatable bonds is 4. The van der Waals surface area contributed by atoms with Gasteiger partial charge < -0.3 is 10.2 Å². The van der Waals surface area contributed by atoms with E-state index in [1.54, 1.807) is 11.0 Å². The summed E-state index contributed by atoms with van der Waals surface area (Å²) in [7, 11) is 1.81. The highest BCUT2D eigenvalue weighted by molar-refractivity contribution is 5.92. The maximum atomic E-state index is 12.2. The molecule has 0 atom stereocenters. The van der Waals surface area contributed by atoms with Gasteiger partial charge in [-0.2, -0.15) is 0 Å². The third-order valence-corrected chi connectivity index (χ3v) is 4.47. The molecule has 4 rings (SSSR count). The van der Waals surface area contributed by atoms with E-state index in [-0.39, 0.29) is 5.91 Å². The summed E-state index contributed by atoms with van der Waals surface area (Å²) >= 11 is 0. The van der Waals surface area contributed by atoms with E-state index < -0.39 is 0 Å². The largest absolute Gasteiger partial charge is 0.352 e. The zero-order valence-electron chi connectivity index (χ0n) is 14.5. The van der Waals surface area contributed by atoms with E-state index in [2.05, 4.69) is 35.4 Å². The van der Waals surface area contributed by atoms with Crippen LogP contribution in [0.4, 0.5) is 11.5 Å². The predicted molar refractivity (Wildman–Crippen MR) is 97.8 cm³/mol. The van der Waals surface area contributed by atoms with Crippen LogP contribution in [0.25, 0.3) is 11.2 Å². The Labute approximate surface area is 150 Å². The van der Waals surface area contributed by atoms with Crippen molar-refractivity contribution >= 4 is 28.6 Å². The van der Waals surface area contributed by atoms with Crippen molar-refractivity contribution in [3.8, 4) is 0 Å². The average molecular weight is 352 g/mol. The van der Waals surface area contributed by atoms with E-state index in [1.165, 1.54) is 0 Å². The summed E-state index contributed by atoms with van der Waals surface area (Å²) in [5, 5.41) is 11.1. The second-order valence-corrected chi connectivity index (χ2v) is 6.26. The Balaban J connectivity index is 1.36. The maximum Gasteiger partial charge on any atom is 0.238 e. The molecular weight excluding hydrogens is 332 g/mol. The second kappa shape index (κ2) is 7.04. The van der Waals surface area contributed by atoms with Crippen LogP contribution in [0, 0.1) is 0 Å². The predicted octanol–water partition coefficient (Wildman–Crippen LogP) is 0.519. The molecule has 9 nitrogen and oxygen atoms in total. The quantitative estimate of drug-likeness (QED) is 0.732. The average Bonchev–Trinajstić information content (AvgIpc) is 3.04. The molecule has 1 fully saturated rings. The molecule has 1 aliphatic heterocycles. The first-order chi connectivity index (χ1) is 12.7. The molecule has 0 spiro atoms. The Morgan fingerprint density at radius 2 is 1.88 bits per heavy atom. The third kappa shape index (κ3) is 3.33. The first kappa shape index (κ1) is 16.4. The van der Waals surface area contributed by atoms with Crippen LogP contribution >= 0.6 is 0 Å². The SMILES string of the molecule is Cn1nnc2c(N3CCN(CC(=O)Nc4ccccc4)CC3)ncnc21. The lowest BCUT2D eigenvalue weighted by Crippen LogP contribution is -2.49. The summed E-state index contributed by atoms with van der Waals surface area (Å²) in [5.74, 6) is 0.805. The van der Waals surface area contributed by atoms with Crippen molar-refractivity contribution < 1.29 is 4.79 Å². The number of hydrogen-bond donors (Lipinski definition) is 1. The minimum Gasteiger partial charge on any atom is -0.352 e. The number of para-hydroxylation sites is 1. The molecule has 0 bridgehead atoms. The Hall–Kier alpha value is -3.07. The third-order valence-electron chi connectivity index (χ3n) is 4.47. The number of hydrogen-bond acceptors (Lipinski definition) is 7. The fourth-order valence-electron chi connectivity index (χ4n) is 3.12. The van der Waals surface area contributed by atoms with Crippen LogP contribution in [0.3, 0.4) is 0 Å². The van der Waals surface area contributed by atoms with Gasteiger partial charge in [0.1, 0.15) is 6.33 Å². The zero-order chi connectivity index (χ0) is 17.9. The standard InChI is InChI=1S/C17H20N8O/c1-23-16-15(21-22-23)17(19-12-18-16)25-9-7-24(8-10-25)11-14(26)20-13-5-3-2-4-6-13/h2-6,12H,7-11H2,1H3,(H,20,26). The monoisotopic (exact) mass is 352 g/mol. The molecule has 3 heterocycles. The Bertz CT molecular complexity index is 902. The van der Waals surface area contributed by atoms with Crippen LogP contribution in [0.1, 0.15) is 0 Å². The minimum absolute atomic E-state index is 0.00278. The number of carbonyl (C=O) groups is 1. The number of anilines is 2. The number of piperazine rings is 1. The Morgan fingerprint density at radius 1 is 1.12 bits per heavy atom. The number of nitrogens with zero attached hydrogens (tertiary/aromatic N) is 7. The molecular formula is C17H20N8O. The van der Waals surface area contributed by atoms with E-state index >= 15 is 0 Å². The first-order valence-corrected chi connectivity index (χ1v) is 8.53. The van der Waals surface area contributed by atoms with Gasteiger partial charge in [-0.3, -0.25) is 9.69 Å². The Morgan fingerprint density at radius 3 is 2.65 bits per heavy atom. The fraction of sp³-hybridized carbons (Fsp3) is 0.353. The minimum atomic E-state index is 0.00278.